The Bertz CT molecular complexity index is 915. The number of hydrogen-bond acceptors (Lipinski definition) is 5. The summed E-state index contributed by atoms with van der Waals surface area (Å²) in [6.07, 6.45) is 1.41. The number of pyridine rings is 1. The Labute approximate surface area is 131 Å². The molecule has 1 aromatic heterocycles. The number of unbranched alkanes of at least 4 members (excludes halogenated alkanes) is 1. The van der Waals surface area contributed by atoms with Gasteiger partial charge in [-0.25, -0.2) is 4.79 Å². The first-order valence-electron chi connectivity index (χ1n) is 6.79. The van der Waals surface area contributed by atoms with Gasteiger partial charge in [0.25, 0.3) is 15.7 Å². The molecule has 0 fully saturated rings. The van der Waals surface area contributed by atoms with E-state index in [1.165, 1.54) is 12.1 Å². The molecule has 0 spiro atoms. The molecule has 1 heterocycles. The summed E-state index contributed by atoms with van der Waals surface area (Å²) in [4.78, 5) is 28.5. The molecule has 0 amide bonds. The SMILES string of the molecule is CCCCOn1c(C(=O)O)cc2ccc(S(=O)(=O)O)cc2c1=O. The first kappa shape index (κ1) is 17.0. The molecule has 0 aliphatic heterocycles. The van der Waals surface area contributed by atoms with Gasteiger partial charge in [0.05, 0.1) is 10.3 Å². The average molecular weight is 341 g/mol. The number of aromatic carboxylic acids is 1. The highest BCUT2D eigenvalue weighted by molar-refractivity contribution is 7.85. The van der Waals surface area contributed by atoms with E-state index in [1.54, 1.807) is 0 Å². The number of aromatic nitrogens is 1. The standard InChI is InChI=1S/C14H15NO7S/c1-2-3-6-22-15-12(14(17)18)7-9-4-5-10(23(19,20)21)8-11(9)13(15)16/h4-5,7-8H,2-3,6H2,1H3,(H,17,18)(H,19,20,21). The molecule has 0 aliphatic rings. The van der Waals surface area contributed by atoms with Crippen molar-refractivity contribution >= 4 is 26.9 Å². The number of rotatable bonds is 6. The number of nitrogens with zero attached hydrogens (tertiary/aromatic N) is 1. The van der Waals surface area contributed by atoms with Crippen LogP contribution in [0, 0.1) is 0 Å². The normalized spacial score (nSPS) is 11.6. The summed E-state index contributed by atoms with van der Waals surface area (Å²) in [5.74, 6) is -1.35. The van der Waals surface area contributed by atoms with Gasteiger partial charge in [0, 0.05) is 0 Å². The van der Waals surface area contributed by atoms with Gasteiger partial charge in [-0.3, -0.25) is 9.35 Å². The molecule has 8 nitrogen and oxygen atoms in total. The summed E-state index contributed by atoms with van der Waals surface area (Å²) < 4.78 is 32.1. The molecule has 2 N–H and O–H groups in total. The van der Waals surface area contributed by atoms with Crippen molar-refractivity contribution in [3.8, 4) is 0 Å². The molecule has 0 radical (unpaired) electrons. The summed E-state index contributed by atoms with van der Waals surface area (Å²) in [5, 5.41) is 9.38. The number of fused-ring (bicyclic) bond motifs is 1. The van der Waals surface area contributed by atoms with E-state index in [-0.39, 0.29) is 23.1 Å². The summed E-state index contributed by atoms with van der Waals surface area (Å²) in [6, 6.07) is 4.53. The molecule has 0 saturated heterocycles. The Hall–Kier alpha value is -2.39. The van der Waals surface area contributed by atoms with Crippen molar-refractivity contribution in [2.45, 2.75) is 24.7 Å². The summed E-state index contributed by atoms with van der Waals surface area (Å²) in [7, 11) is -4.48. The number of carbonyl (C=O) groups is 1. The minimum Gasteiger partial charge on any atom is -0.476 e. The van der Waals surface area contributed by atoms with Crippen LogP contribution in [-0.2, 0) is 10.1 Å². The van der Waals surface area contributed by atoms with Crippen molar-refractivity contribution in [1.82, 2.24) is 4.73 Å². The smallest absolute Gasteiger partial charge is 0.356 e. The van der Waals surface area contributed by atoms with Crippen molar-refractivity contribution in [1.29, 1.82) is 0 Å². The average Bonchev–Trinajstić information content (AvgIpc) is 2.48. The fourth-order valence-electron chi connectivity index (χ4n) is 2.01. The second-order valence-corrected chi connectivity index (χ2v) is 6.27. The molecule has 0 aliphatic carbocycles. The van der Waals surface area contributed by atoms with Crippen molar-refractivity contribution < 1.29 is 27.7 Å². The molecule has 0 unspecified atom stereocenters. The second kappa shape index (κ2) is 6.39. The molecule has 0 saturated carbocycles. The van der Waals surface area contributed by atoms with E-state index in [1.807, 2.05) is 6.92 Å². The summed E-state index contributed by atoms with van der Waals surface area (Å²) >= 11 is 0. The lowest BCUT2D eigenvalue weighted by Gasteiger charge is -2.12. The molecule has 9 heteroatoms. The Morgan fingerprint density at radius 2 is 2.00 bits per heavy atom. The highest BCUT2D eigenvalue weighted by Crippen LogP contribution is 2.17. The lowest BCUT2D eigenvalue weighted by atomic mass is 10.1. The van der Waals surface area contributed by atoms with Crippen LogP contribution in [-0.4, -0.2) is 35.4 Å². The van der Waals surface area contributed by atoms with Crippen LogP contribution in [0.5, 0.6) is 0 Å². The molecular weight excluding hydrogens is 326 g/mol. The molecule has 0 bridgehead atoms. The summed E-state index contributed by atoms with van der Waals surface area (Å²) in [6.45, 7) is 2.04. The summed E-state index contributed by atoms with van der Waals surface area (Å²) in [5.41, 5.74) is -1.17. The van der Waals surface area contributed by atoms with E-state index in [0.717, 1.165) is 18.6 Å². The topological polar surface area (TPSA) is 123 Å². The van der Waals surface area contributed by atoms with Gasteiger partial charge in [0.1, 0.15) is 6.61 Å². The molecule has 2 rings (SSSR count). The minimum absolute atomic E-state index is 0.0679. The van der Waals surface area contributed by atoms with Gasteiger partial charge in [-0.2, -0.15) is 8.42 Å². The van der Waals surface area contributed by atoms with Gasteiger partial charge in [-0.15, -0.1) is 4.73 Å². The largest absolute Gasteiger partial charge is 0.476 e. The van der Waals surface area contributed by atoms with E-state index < -0.39 is 26.5 Å². The van der Waals surface area contributed by atoms with Gasteiger partial charge in [0.15, 0.2) is 5.69 Å². The maximum Gasteiger partial charge on any atom is 0.356 e. The monoisotopic (exact) mass is 341 g/mol. The van der Waals surface area contributed by atoms with Crippen LogP contribution >= 0.6 is 0 Å². The number of carboxylic acid groups (broad SMARTS) is 1. The quantitative estimate of drug-likeness (QED) is 0.597. The van der Waals surface area contributed by atoms with Crippen LogP contribution in [0.25, 0.3) is 10.8 Å². The maximum atomic E-state index is 12.4. The lowest BCUT2D eigenvalue weighted by Crippen LogP contribution is -2.32. The van der Waals surface area contributed by atoms with Gasteiger partial charge in [-0.1, -0.05) is 19.4 Å². The van der Waals surface area contributed by atoms with Gasteiger partial charge < -0.3 is 9.94 Å². The van der Waals surface area contributed by atoms with Crippen LogP contribution in [0.2, 0.25) is 0 Å². The van der Waals surface area contributed by atoms with E-state index in [0.29, 0.717) is 11.2 Å². The Morgan fingerprint density at radius 1 is 1.30 bits per heavy atom. The third-order valence-corrected chi connectivity index (χ3v) is 4.04. The van der Waals surface area contributed by atoms with Crippen molar-refractivity contribution in [2.24, 2.45) is 0 Å². The maximum absolute atomic E-state index is 12.4. The molecule has 1 aromatic carbocycles. The van der Waals surface area contributed by atoms with Crippen LogP contribution < -0.4 is 10.4 Å². The second-order valence-electron chi connectivity index (χ2n) is 4.85. The van der Waals surface area contributed by atoms with E-state index in [2.05, 4.69) is 0 Å². The zero-order chi connectivity index (χ0) is 17.2. The Kier molecular flexibility index (Phi) is 4.71. The Morgan fingerprint density at radius 3 is 2.57 bits per heavy atom. The molecule has 0 atom stereocenters. The minimum atomic E-state index is -4.48. The third kappa shape index (κ3) is 3.51. The molecule has 23 heavy (non-hydrogen) atoms. The van der Waals surface area contributed by atoms with Crippen molar-refractivity contribution in [2.75, 3.05) is 6.61 Å². The van der Waals surface area contributed by atoms with E-state index in [9.17, 15) is 23.1 Å². The van der Waals surface area contributed by atoms with Crippen LogP contribution in [0.4, 0.5) is 0 Å². The van der Waals surface area contributed by atoms with Gasteiger partial charge >= 0.3 is 5.97 Å². The third-order valence-electron chi connectivity index (χ3n) is 3.19. The van der Waals surface area contributed by atoms with E-state index >= 15 is 0 Å². The van der Waals surface area contributed by atoms with Crippen LogP contribution in [0.15, 0.2) is 34.0 Å². The predicted octanol–water partition coefficient (Wildman–Crippen LogP) is 1.18. The van der Waals surface area contributed by atoms with E-state index in [4.69, 9.17) is 9.39 Å². The van der Waals surface area contributed by atoms with Crippen LogP contribution in [0.3, 0.4) is 0 Å². The van der Waals surface area contributed by atoms with Gasteiger partial charge in [0.2, 0.25) is 0 Å². The number of benzene rings is 1. The number of hydrogen-bond donors (Lipinski definition) is 2. The molecule has 124 valence electrons. The molecule has 2 aromatic rings. The highest BCUT2D eigenvalue weighted by Gasteiger charge is 2.18. The zero-order valence-electron chi connectivity index (χ0n) is 12.2. The van der Waals surface area contributed by atoms with Crippen LogP contribution in [0.1, 0.15) is 30.3 Å². The van der Waals surface area contributed by atoms with Crippen molar-refractivity contribution in [3.63, 3.8) is 0 Å². The fraction of sp³-hybridized carbons (Fsp3) is 0.286. The number of carboxylic acids is 1. The first-order chi connectivity index (χ1) is 10.8. The Balaban J connectivity index is 2.70. The highest BCUT2D eigenvalue weighted by atomic mass is 32.2. The fourth-order valence-corrected chi connectivity index (χ4v) is 2.52. The first-order valence-corrected chi connectivity index (χ1v) is 8.23. The molecular formula is C14H15NO7S. The predicted molar refractivity (Wildman–Crippen MR) is 81.3 cm³/mol. The van der Waals surface area contributed by atoms with Gasteiger partial charge in [-0.05, 0) is 30.0 Å². The zero-order valence-corrected chi connectivity index (χ0v) is 13.0. The van der Waals surface area contributed by atoms with Crippen molar-refractivity contribution in [3.05, 3.63) is 40.3 Å². The lowest BCUT2D eigenvalue weighted by molar-refractivity contribution is 0.0569.